The lowest BCUT2D eigenvalue weighted by Crippen LogP contribution is -2.35. The van der Waals surface area contributed by atoms with Crippen molar-refractivity contribution in [1.82, 2.24) is 10.3 Å². The summed E-state index contributed by atoms with van der Waals surface area (Å²) in [7, 11) is 0. The van der Waals surface area contributed by atoms with Crippen molar-refractivity contribution in [2.45, 2.75) is 25.8 Å². The third-order valence-electron chi connectivity index (χ3n) is 2.27. The van der Waals surface area contributed by atoms with E-state index < -0.39 is 5.82 Å². The molecule has 4 nitrogen and oxygen atoms in total. The summed E-state index contributed by atoms with van der Waals surface area (Å²) in [6, 6.07) is 2.44. The second kappa shape index (κ2) is 6.17. The number of amides is 1. The van der Waals surface area contributed by atoms with Gasteiger partial charge >= 0.3 is 0 Å². The van der Waals surface area contributed by atoms with Gasteiger partial charge in [-0.25, -0.2) is 9.37 Å². The lowest BCUT2D eigenvalue weighted by molar-refractivity contribution is 0.0924. The SMILES string of the molecule is CCC(CCO)NC(=O)c1ccc(F)cn1. The molecule has 0 aromatic carbocycles. The van der Waals surface area contributed by atoms with Crippen LogP contribution in [0.1, 0.15) is 30.3 Å². The van der Waals surface area contributed by atoms with Crippen molar-refractivity contribution >= 4 is 5.91 Å². The van der Waals surface area contributed by atoms with Crippen molar-refractivity contribution in [2.75, 3.05) is 6.61 Å². The third kappa shape index (κ3) is 3.58. The first kappa shape index (κ1) is 12.6. The van der Waals surface area contributed by atoms with Crippen molar-refractivity contribution < 1.29 is 14.3 Å². The number of aliphatic hydroxyl groups excluding tert-OH is 1. The van der Waals surface area contributed by atoms with Crippen LogP contribution in [0.4, 0.5) is 4.39 Å². The minimum absolute atomic E-state index is 0.0234. The van der Waals surface area contributed by atoms with Crippen LogP contribution in [0.5, 0.6) is 0 Å². The molecule has 1 unspecified atom stereocenters. The van der Waals surface area contributed by atoms with Crippen LogP contribution >= 0.6 is 0 Å². The Kier molecular flexibility index (Phi) is 4.85. The van der Waals surface area contributed by atoms with Gasteiger partial charge in [0.1, 0.15) is 11.5 Å². The summed E-state index contributed by atoms with van der Waals surface area (Å²) in [5.74, 6) is -0.820. The van der Waals surface area contributed by atoms with Gasteiger partial charge in [-0.15, -0.1) is 0 Å². The number of carbonyl (C=O) groups is 1. The topological polar surface area (TPSA) is 62.2 Å². The molecule has 0 fully saturated rings. The van der Waals surface area contributed by atoms with Gasteiger partial charge in [0.2, 0.25) is 0 Å². The first-order valence-electron chi connectivity index (χ1n) is 5.20. The van der Waals surface area contributed by atoms with E-state index in [-0.39, 0.29) is 24.2 Å². The Bertz CT molecular complexity index is 340. The monoisotopic (exact) mass is 226 g/mol. The van der Waals surface area contributed by atoms with E-state index in [1.165, 1.54) is 12.1 Å². The summed E-state index contributed by atoms with van der Waals surface area (Å²) >= 11 is 0. The molecule has 5 heteroatoms. The number of nitrogens with zero attached hydrogens (tertiary/aromatic N) is 1. The lowest BCUT2D eigenvalue weighted by atomic mass is 10.1. The third-order valence-corrected chi connectivity index (χ3v) is 2.27. The fourth-order valence-electron chi connectivity index (χ4n) is 1.30. The van der Waals surface area contributed by atoms with Crippen LogP contribution in [0.15, 0.2) is 18.3 Å². The second-order valence-corrected chi connectivity index (χ2v) is 3.45. The molecule has 0 saturated carbocycles. The van der Waals surface area contributed by atoms with Crippen molar-refractivity contribution in [2.24, 2.45) is 0 Å². The quantitative estimate of drug-likeness (QED) is 0.790. The van der Waals surface area contributed by atoms with Gasteiger partial charge < -0.3 is 10.4 Å². The molecule has 0 spiro atoms. The summed E-state index contributed by atoms with van der Waals surface area (Å²) in [6.07, 6.45) is 2.23. The zero-order valence-corrected chi connectivity index (χ0v) is 9.11. The second-order valence-electron chi connectivity index (χ2n) is 3.45. The van der Waals surface area contributed by atoms with Crippen molar-refractivity contribution in [3.05, 3.63) is 29.8 Å². The summed E-state index contributed by atoms with van der Waals surface area (Å²) in [5, 5.41) is 11.5. The maximum Gasteiger partial charge on any atom is 0.270 e. The highest BCUT2D eigenvalue weighted by Crippen LogP contribution is 2.01. The fraction of sp³-hybridized carbons (Fsp3) is 0.455. The van der Waals surface area contributed by atoms with Gasteiger partial charge in [-0.3, -0.25) is 4.79 Å². The van der Waals surface area contributed by atoms with Gasteiger partial charge in [0, 0.05) is 12.6 Å². The minimum atomic E-state index is -0.473. The van der Waals surface area contributed by atoms with Gasteiger partial charge in [0.25, 0.3) is 5.91 Å². The molecule has 0 aliphatic carbocycles. The molecule has 1 rings (SSSR count). The zero-order chi connectivity index (χ0) is 12.0. The van der Waals surface area contributed by atoms with E-state index in [4.69, 9.17) is 5.11 Å². The highest BCUT2D eigenvalue weighted by atomic mass is 19.1. The summed E-state index contributed by atoms with van der Waals surface area (Å²) in [6.45, 7) is 1.94. The Hall–Kier alpha value is -1.49. The molecule has 0 aliphatic heterocycles. The van der Waals surface area contributed by atoms with Crippen LogP contribution < -0.4 is 5.32 Å². The Balaban J connectivity index is 2.60. The van der Waals surface area contributed by atoms with E-state index in [1.54, 1.807) is 0 Å². The molecule has 0 aliphatic rings. The average Bonchev–Trinajstić information content (AvgIpc) is 2.29. The van der Waals surface area contributed by atoms with E-state index in [0.717, 1.165) is 12.6 Å². The molecule has 1 amide bonds. The lowest BCUT2D eigenvalue weighted by Gasteiger charge is -2.15. The van der Waals surface area contributed by atoms with Crippen LogP contribution in [-0.4, -0.2) is 28.6 Å². The molecule has 88 valence electrons. The van der Waals surface area contributed by atoms with Crippen molar-refractivity contribution in [3.63, 3.8) is 0 Å². The smallest absolute Gasteiger partial charge is 0.270 e. The van der Waals surface area contributed by atoms with E-state index in [0.29, 0.717) is 6.42 Å². The molecule has 1 atom stereocenters. The first-order valence-corrected chi connectivity index (χ1v) is 5.20. The molecule has 1 aromatic rings. The molecule has 0 bridgehead atoms. The van der Waals surface area contributed by atoms with Gasteiger partial charge in [-0.05, 0) is 25.0 Å². The minimum Gasteiger partial charge on any atom is -0.396 e. The molecule has 1 aromatic heterocycles. The highest BCUT2D eigenvalue weighted by Gasteiger charge is 2.12. The van der Waals surface area contributed by atoms with Crippen LogP contribution in [0.3, 0.4) is 0 Å². The zero-order valence-electron chi connectivity index (χ0n) is 9.11. The summed E-state index contributed by atoms with van der Waals surface area (Å²) < 4.78 is 12.6. The maximum atomic E-state index is 12.6. The Morgan fingerprint density at radius 1 is 1.62 bits per heavy atom. The predicted molar refractivity (Wildman–Crippen MR) is 57.4 cm³/mol. The number of rotatable bonds is 5. The summed E-state index contributed by atoms with van der Waals surface area (Å²) in [4.78, 5) is 15.3. The fourth-order valence-corrected chi connectivity index (χ4v) is 1.30. The number of hydrogen-bond donors (Lipinski definition) is 2. The van der Waals surface area contributed by atoms with Gasteiger partial charge in [0.15, 0.2) is 0 Å². The number of aliphatic hydroxyl groups is 1. The van der Waals surface area contributed by atoms with Gasteiger partial charge in [-0.2, -0.15) is 0 Å². The molecular formula is C11H15FN2O2. The molecule has 2 N–H and O–H groups in total. The normalized spacial score (nSPS) is 12.2. The van der Waals surface area contributed by atoms with Crippen LogP contribution in [0.2, 0.25) is 0 Å². The maximum absolute atomic E-state index is 12.6. The highest BCUT2D eigenvalue weighted by molar-refractivity contribution is 5.92. The molecule has 0 radical (unpaired) electrons. The molecule has 1 heterocycles. The van der Waals surface area contributed by atoms with E-state index >= 15 is 0 Å². The Morgan fingerprint density at radius 2 is 2.38 bits per heavy atom. The Labute approximate surface area is 93.5 Å². The number of carbonyl (C=O) groups excluding carboxylic acids is 1. The molecular weight excluding hydrogens is 211 g/mol. The van der Waals surface area contributed by atoms with Gasteiger partial charge in [-0.1, -0.05) is 6.92 Å². The number of halogens is 1. The number of pyridine rings is 1. The molecule has 16 heavy (non-hydrogen) atoms. The van der Waals surface area contributed by atoms with Gasteiger partial charge in [0.05, 0.1) is 6.20 Å². The molecule has 0 saturated heterocycles. The number of nitrogens with one attached hydrogen (secondary N) is 1. The average molecular weight is 226 g/mol. The Morgan fingerprint density at radius 3 is 2.88 bits per heavy atom. The first-order chi connectivity index (χ1) is 7.67. The predicted octanol–water partition coefficient (Wildman–Crippen LogP) is 1.11. The van der Waals surface area contributed by atoms with Crippen LogP contribution in [-0.2, 0) is 0 Å². The van der Waals surface area contributed by atoms with Crippen LogP contribution in [0.25, 0.3) is 0 Å². The summed E-state index contributed by atoms with van der Waals surface area (Å²) in [5.41, 5.74) is 0.179. The van der Waals surface area contributed by atoms with Crippen molar-refractivity contribution in [3.8, 4) is 0 Å². The van der Waals surface area contributed by atoms with E-state index in [1.807, 2.05) is 6.92 Å². The number of aromatic nitrogens is 1. The van der Waals surface area contributed by atoms with Crippen molar-refractivity contribution in [1.29, 1.82) is 0 Å². The standard InChI is InChI=1S/C11H15FN2O2/c1-2-9(5-6-15)14-11(16)10-4-3-8(12)7-13-10/h3-4,7,9,15H,2,5-6H2,1H3,(H,14,16). The number of hydrogen-bond acceptors (Lipinski definition) is 3. The van der Waals surface area contributed by atoms with E-state index in [9.17, 15) is 9.18 Å². The van der Waals surface area contributed by atoms with Crippen LogP contribution in [0, 0.1) is 5.82 Å². The largest absolute Gasteiger partial charge is 0.396 e. The van der Waals surface area contributed by atoms with E-state index in [2.05, 4.69) is 10.3 Å².